The summed E-state index contributed by atoms with van der Waals surface area (Å²) in [6.45, 7) is 0.730. The molecule has 1 aromatic carbocycles. The summed E-state index contributed by atoms with van der Waals surface area (Å²) in [6, 6.07) is 8.95. The highest BCUT2D eigenvalue weighted by Gasteiger charge is 2.29. The van der Waals surface area contributed by atoms with E-state index >= 15 is 0 Å². The van der Waals surface area contributed by atoms with Crippen molar-refractivity contribution >= 4 is 23.1 Å². The lowest BCUT2D eigenvalue weighted by Crippen LogP contribution is -2.41. The maximum atomic E-state index is 12.6. The minimum absolute atomic E-state index is 0.0490. The molecule has 0 bridgehead atoms. The van der Waals surface area contributed by atoms with Gasteiger partial charge in [0.15, 0.2) is 0 Å². The van der Waals surface area contributed by atoms with Crippen molar-refractivity contribution < 1.29 is 4.79 Å². The number of benzene rings is 1. The number of thiazole rings is 1. The van der Waals surface area contributed by atoms with Crippen LogP contribution in [0.5, 0.6) is 0 Å². The maximum Gasteiger partial charge on any atom is 0.322 e. The number of piperidine rings is 1. The van der Waals surface area contributed by atoms with Crippen molar-refractivity contribution in [1.29, 1.82) is 5.26 Å². The molecule has 2 aromatic rings. The molecular weight excluding hydrogens is 296 g/mol. The van der Waals surface area contributed by atoms with Gasteiger partial charge in [0.25, 0.3) is 0 Å². The van der Waals surface area contributed by atoms with Gasteiger partial charge >= 0.3 is 6.03 Å². The first kappa shape index (κ1) is 14.5. The normalized spacial score (nSPS) is 17.8. The molecule has 22 heavy (non-hydrogen) atoms. The van der Waals surface area contributed by atoms with Crippen LogP contribution in [-0.4, -0.2) is 22.5 Å². The van der Waals surface area contributed by atoms with Crippen molar-refractivity contribution in [3.05, 3.63) is 46.4 Å². The van der Waals surface area contributed by atoms with E-state index in [1.807, 2.05) is 10.3 Å². The van der Waals surface area contributed by atoms with Crippen LogP contribution in [0, 0.1) is 11.3 Å². The number of likely N-dealkylation sites (tertiary alicyclic amines) is 1. The Labute approximate surface area is 133 Å². The largest absolute Gasteiger partial charge is 0.322 e. The molecule has 1 saturated heterocycles. The Morgan fingerprint density at radius 1 is 1.45 bits per heavy atom. The number of nitrogens with zero attached hydrogens (tertiary/aromatic N) is 3. The van der Waals surface area contributed by atoms with Gasteiger partial charge in [0.1, 0.15) is 5.01 Å². The summed E-state index contributed by atoms with van der Waals surface area (Å²) in [6.07, 6.45) is 4.84. The van der Waals surface area contributed by atoms with E-state index in [2.05, 4.69) is 16.4 Å². The van der Waals surface area contributed by atoms with E-state index in [9.17, 15) is 4.79 Å². The van der Waals surface area contributed by atoms with Crippen molar-refractivity contribution in [1.82, 2.24) is 9.88 Å². The fourth-order valence-corrected chi connectivity index (χ4v) is 3.48. The Hall–Kier alpha value is -2.39. The zero-order chi connectivity index (χ0) is 15.4. The number of aromatic nitrogens is 1. The zero-order valence-corrected chi connectivity index (χ0v) is 12.8. The predicted molar refractivity (Wildman–Crippen MR) is 85.6 cm³/mol. The topological polar surface area (TPSA) is 69.0 Å². The van der Waals surface area contributed by atoms with E-state index in [0.717, 1.165) is 30.8 Å². The van der Waals surface area contributed by atoms with Crippen LogP contribution in [0.4, 0.5) is 10.5 Å². The number of anilines is 1. The van der Waals surface area contributed by atoms with Crippen LogP contribution in [-0.2, 0) is 0 Å². The molecule has 0 unspecified atom stereocenters. The van der Waals surface area contributed by atoms with Crippen molar-refractivity contribution in [3.63, 3.8) is 0 Å². The van der Waals surface area contributed by atoms with Crippen LogP contribution in [0.3, 0.4) is 0 Å². The van der Waals surface area contributed by atoms with E-state index in [4.69, 9.17) is 5.26 Å². The van der Waals surface area contributed by atoms with E-state index in [-0.39, 0.29) is 12.1 Å². The molecule has 1 fully saturated rings. The number of hydrogen-bond acceptors (Lipinski definition) is 4. The van der Waals surface area contributed by atoms with Gasteiger partial charge in [0.05, 0.1) is 17.7 Å². The Morgan fingerprint density at radius 3 is 3.14 bits per heavy atom. The van der Waals surface area contributed by atoms with Crippen molar-refractivity contribution in [3.8, 4) is 6.07 Å². The average Bonchev–Trinajstić information content (AvgIpc) is 3.09. The van der Waals surface area contributed by atoms with E-state index in [0.29, 0.717) is 11.3 Å². The second-order valence-corrected chi connectivity index (χ2v) is 6.12. The van der Waals surface area contributed by atoms with Crippen LogP contribution >= 0.6 is 11.3 Å². The monoisotopic (exact) mass is 312 g/mol. The Bertz CT molecular complexity index is 692. The third-order valence-electron chi connectivity index (χ3n) is 3.74. The second kappa shape index (κ2) is 6.58. The lowest BCUT2D eigenvalue weighted by Gasteiger charge is -2.34. The third-order valence-corrected chi connectivity index (χ3v) is 4.62. The molecule has 3 rings (SSSR count). The van der Waals surface area contributed by atoms with E-state index in [1.165, 1.54) is 0 Å². The van der Waals surface area contributed by atoms with E-state index in [1.54, 1.807) is 41.8 Å². The Balaban J connectivity index is 1.76. The fourth-order valence-electron chi connectivity index (χ4n) is 2.69. The molecule has 2 amide bonds. The molecule has 1 atom stereocenters. The number of urea groups is 1. The van der Waals surface area contributed by atoms with Gasteiger partial charge in [0, 0.05) is 23.8 Å². The van der Waals surface area contributed by atoms with Gasteiger partial charge in [-0.05, 0) is 37.5 Å². The smallest absolute Gasteiger partial charge is 0.315 e. The summed E-state index contributed by atoms with van der Waals surface area (Å²) in [7, 11) is 0. The number of amides is 2. The van der Waals surface area contributed by atoms with Gasteiger partial charge in [0.2, 0.25) is 0 Å². The van der Waals surface area contributed by atoms with Gasteiger partial charge in [-0.25, -0.2) is 9.78 Å². The van der Waals surface area contributed by atoms with Crippen LogP contribution in [0.1, 0.15) is 35.9 Å². The molecule has 1 N–H and O–H groups in total. The third kappa shape index (κ3) is 3.10. The quantitative estimate of drug-likeness (QED) is 0.917. The number of rotatable bonds is 2. The summed E-state index contributed by atoms with van der Waals surface area (Å²) in [4.78, 5) is 18.8. The van der Waals surface area contributed by atoms with Gasteiger partial charge in [-0.2, -0.15) is 5.26 Å². The Morgan fingerprint density at radius 2 is 2.36 bits per heavy atom. The van der Waals surface area contributed by atoms with Crippen molar-refractivity contribution in [2.24, 2.45) is 0 Å². The molecular formula is C16H16N4OS. The predicted octanol–water partition coefficient (Wildman–Crippen LogP) is 3.77. The van der Waals surface area contributed by atoms with Crippen LogP contribution in [0.25, 0.3) is 0 Å². The first-order valence-electron chi connectivity index (χ1n) is 7.25. The van der Waals surface area contributed by atoms with Gasteiger partial charge < -0.3 is 10.2 Å². The SMILES string of the molecule is N#Cc1cccc(NC(=O)N2CCCC[C@@H]2c2nccs2)c1. The van der Waals surface area contributed by atoms with Crippen LogP contribution < -0.4 is 5.32 Å². The molecule has 0 aliphatic carbocycles. The molecule has 0 spiro atoms. The lowest BCUT2D eigenvalue weighted by atomic mass is 10.0. The van der Waals surface area contributed by atoms with Gasteiger partial charge in [-0.3, -0.25) is 0 Å². The number of hydrogen-bond donors (Lipinski definition) is 1. The minimum atomic E-state index is -0.130. The molecule has 6 heteroatoms. The van der Waals surface area contributed by atoms with Crippen LogP contribution in [0.15, 0.2) is 35.8 Å². The van der Waals surface area contributed by atoms with Gasteiger partial charge in [-0.15, -0.1) is 11.3 Å². The number of carbonyl (C=O) groups is 1. The molecule has 1 aromatic heterocycles. The first-order chi connectivity index (χ1) is 10.8. The highest BCUT2D eigenvalue weighted by Crippen LogP contribution is 2.32. The summed E-state index contributed by atoms with van der Waals surface area (Å²) in [5, 5.41) is 14.8. The minimum Gasteiger partial charge on any atom is -0.315 e. The first-order valence-corrected chi connectivity index (χ1v) is 8.13. The molecule has 1 aliphatic heterocycles. The molecule has 112 valence electrons. The summed E-state index contributed by atoms with van der Waals surface area (Å²) in [5.41, 5.74) is 1.18. The molecule has 0 saturated carbocycles. The highest BCUT2D eigenvalue weighted by atomic mass is 32.1. The lowest BCUT2D eigenvalue weighted by molar-refractivity contribution is 0.163. The molecule has 1 aliphatic rings. The second-order valence-electron chi connectivity index (χ2n) is 5.20. The number of nitrogens with one attached hydrogen (secondary N) is 1. The van der Waals surface area contributed by atoms with E-state index < -0.39 is 0 Å². The number of nitriles is 1. The highest BCUT2D eigenvalue weighted by molar-refractivity contribution is 7.09. The van der Waals surface area contributed by atoms with Crippen molar-refractivity contribution in [2.45, 2.75) is 25.3 Å². The van der Waals surface area contributed by atoms with Gasteiger partial charge in [-0.1, -0.05) is 6.07 Å². The summed E-state index contributed by atoms with van der Waals surface area (Å²) < 4.78 is 0. The number of carbonyl (C=O) groups excluding carboxylic acids is 1. The summed E-state index contributed by atoms with van der Waals surface area (Å²) in [5.74, 6) is 0. The molecule has 2 heterocycles. The standard InChI is InChI=1S/C16H16N4OS/c17-11-12-4-3-5-13(10-12)19-16(21)20-8-2-1-6-14(20)15-18-7-9-22-15/h3-5,7,9-10,14H,1-2,6,8H2,(H,19,21)/t14-/m1/s1. The molecule has 0 radical (unpaired) electrons. The maximum absolute atomic E-state index is 12.6. The zero-order valence-electron chi connectivity index (χ0n) is 12.0. The average molecular weight is 312 g/mol. The fraction of sp³-hybridized carbons (Fsp3) is 0.312. The van der Waals surface area contributed by atoms with Crippen LogP contribution in [0.2, 0.25) is 0 Å². The Kier molecular flexibility index (Phi) is 4.35. The van der Waals surface area contributed by atoms with Crippen molar-refractivity contribution in [2.75, 3.05) is 11.9 Å². The summed E-state index contributed by atoms with van der Waals surface area (Å²) >= 11 is 1.59. The molecule has 5 nitrogen and oxygen atoms in total.